The predicted molar refractivity (Wildman–Crippen MR) is 152 cm³/mol. The van der Waals surface area contributed by atoms with E-state index in [1.165, 1.54) is 24.5 Å². The summed E-state index contributed by atoms with van der Waals surface area (Å²) in [6, 6.07) is 28.1. The number of para-hydroxylation sites is 1. The number of hydrogen-bond donors (Lipinski definition) is 1. The SMILES string of the molecule is CCOc1ccc(-c2nn(-c3ccccc3)cc2C=C(C(=O)NCc2ccco2)S(=O)(=O)c2ccccc2)cc1. The molecule has 9 heteroatoms. The van der Waals surface area contributed by atoms with E-state index in [0.717, 1.165) is 11.3 Å². The average Bonchev–Trinajstić information content (AvgIpc) is 3.67. The Morgan fingerprint density at radius 2 is 1.65 bits per heavy atom. The molecule has 0 fully saturated rings. The molecular formula is C31H27N3O5S. The third kappa shape index (κ3) is 5.89. The monoisotopic (exact) mass is 553 g/mol. The summed E-state index contributed by atoms with van der Waals surface area (Å²) in [5, 5.41) is 7.45. The van der Waals surface area contributed by atoms with Gasteiger partial charge in [0.05, 0.1) is 35.7 Å². The Morgan fingerprint density at radius 1 is 0.950 bits per heavy atom. The largest absolute Gasteiger partial charge is 0.494 e. The van der Waals surface area contributed by atoms with Crippen molar-refractivity contribution >= 4 is 21.8 Å². The molecule has 0 aliphatic carbocycles. The third-order valence-corrected chi connectivity index (χ3v) is 7.83. The minimum absolute atomic E-state index is 0.00691. The topological polar surface area (TPSA) is 103 Å². The van der Waals surface area contributed by atoms with Crippen molar-refractivity contribution in [1.82, 2.24) is 15.1 Å². The highest BCUT2D eigenvalue weighted by Gasteiger charge is 2.28. The molecule has 3 aromatic carbocycles. The molecule has 2 heterocycles. The van der Waals surface area contributed by atoms with Gasteiger partial charge in [-0.05, 0) is 73.7 Å². The molecule has 2 aromatic heterocycles. The van der Waals surface area contributed by atoms with Crippen molar-refractivity contribution in [2.45, 2.75) is 18.4 Å². The molecule has 0 aliphatic heterocycles. The Morgan fingerprint density at radius 3 is 2.30 bits per heavy atom. The van der Waals surface area contributed by atoms with Gasteiger partial charge in [0.25, 0.3) is 5.91 Å². The van der Waals surface area contributed by atoms with Crippen molar-refractivity contribution in [2.24, 2.45) is 0 Å². The van der Waals surface area contributed by atoms with E-state index in [0.29, 0.717) is 29.4 Å². The molecular weight excluding hydrogens is 526 g/mol. The van der Waals surface area contributed by atoms with E-state index in [-0.39, 0.29) is 11.4 Å². The van der Waals surface area contributed by atoms with Crippen molar-refractivity contribution in [2.75, 3.05) is 6.61 Å². The summed E-state index contributed by atoms with van der Waals surface area (Å²) in [5.41, 5.74) is 2.48. The van der Waals surface area contributed by atoms with E-state index in [1.54, 1.807) is 41.2 Å². The average molecular weight is 554 g/mol. The van der Waals surface area contributed by atoms with E-state index in [9.17, 15) is 13.2 Å². The van der Waals surface area contributed by atoms with Crippen LogP contribution in [0.5, 0.6) is 5.75 Å². The molecule has 0 radical (unpaired) electrons. The normalized spacial score (nSPS) is 11.8. The van der Waals surface area contributed by atoms with Crippen LogP contribution in [-0.4, -0.2) is 30.7 Å². The summed E-state index contributed by atoms with van der Waals surface area (Å²) in [7, 11) is -4.20. The van der Waals surface area contributed by atoms with Crippen LogP contribution in [0.15, 0.2) is 124 Å². The fraction of sp³-hybridized carbons (Fsp3) is 0.0968. The molecule has 40 heavy (non-hydrogen) atoms. The number of furan rings is 1. The molecule has 8 nitrogen and oxygen atoms in total. The highest BCUT2D eigenvalue weighted by atomic mass is 32.2. The second kappa shape index (κ2) is 11.9. The van der Waals surface area contributed by atoms with Crippen molar-refractivity contribution < 1.29 is 22.4 Å². The van der Waals surface area contributed by atoms with Crippen LogP contribution in [0.3, 0.4) is 0 Å². The standard InChI is InChI=1S/C31H27N3O5S/c1-2-38-26-17-15-23(16-18-26)30-24(22-34(33-30)25-10-5-3-6-11-25)20-29(31(35)32-21-27-12-9-19-39-27)40(36,37)28-13-7-4-8-14-28/h3-20,22H,2,21H2,1H3,(H,32,35). The Hall–Kier alpha value is -4.89. The number of rotatable bonds is 10. The second-order valence-corrected chi connectivity index (χ2v) is 10.7. The zero-order valence-corrected chi connectivity index (χ0v) is 22.5. The molecule has 0 atom stereocenters. The third-order valence-electron chi connectivity index (χ3n) is 6.06. The van der Waals surface area contributed by atoms with Gasteiger partial charge in [-0.2, -0.15) is 5.10 Å². The van der Waals surface area contributed by atoms with Crippen LogP contribution >= 0.6 is 0 Å². The fourth-order valence-corrected chi connectivity index (χ4v) is 5.47. The Kier molecular flexibility index (Phi) is 7.93. The van der Waals surface area contributed by atoms with Crippen LogP contribution in [0.2, 0.25) is 0 Å². The number of amides is 1. The summed E-state index contributed by atoms with van der Waals surface area (Å²) in [6.07, 6.45) is 4.57. The zero-order chi connectivity index (χ0) is 28.0. The summed E-state index contributed by atoms with van der Waals surface area (Å²) < 4.78 is 40.1. The quantitative estimate of drug-likeness (QED) is 0.224. The van der Waals surface area contributed by atoms with E-state index in [1.807, 2.05) is 61.5 Å². The molecule has 5 aromatic rings. The molecule has 202 valence electrons. The van der Waals surface area contributed by atoms with Crippen LogP contribution < -0.4 is 10.1 Å². The van der Waals surface area contributed by atoms with Crippen molar-refractivity contribution in [1.29, 1.82) is 0 Å². The first-order valence-corrected chi connectivity index (χ1v) is 14.1. The molecule has 0 unspecified atom stereocenters. The number of sulfone groups is 1. The number of nitrogens with zero attached hydrogens (tertiary/aromatic N) is 2. The Balaban J connectivity index is 1.64. The van der Waals surface area contributed by atoms with Crippen molar-refractivity contribution in [3.63, 3.8) is 0 Å². The zero-order valence-electron chi connectivity index (χ0n) is 21.7. The van der Waals surface area contributed by atoms with Gasteiger partial charge >= 0.3 is 0 Å². The van der Waals surface area contributed by atoms with Gasteiger partial charge in [0.1, 0.15) is 16.4 Å². The van der Waals surface area contributed by atoms with Gasteiger partial charge in [-0.1, -0.05) is 36.4 Å². The highest BCUT2D eigenvalue weighted by Crippen LogP contribution is 2.30. The summed E-state index contributed by atoms with van der Waals surface area (Å²) in [6.45, 7) is 2.47. The summed E-state index contributed by atoms with van der Waals surface area (Å²) >= 11 is 0. The number of aromatic nitrogens is 2. The van der Waals surface area contributed by atoms with Crippen LogP contribution in [-0.2, 0) is 21.2 Å². The minimum atomic E-state index is -4.20. The lowest BCUT2D eigenvalue weighted by molar-refractivity contribution is -0.117. The number of hydrogen-bond acceptors (Lipinski definition) is 6. The number of carbonyl (C=O) groups is 1. The predicted octanol–water partition coefficient (Wildman–Crippen LogP) is 5.66. The maximum Gasteiger partial charge on any atom is 0.263 e. The molecule has 0 aliphatic rings. The first-order chi connectivity index (χ1) is 19.5. The van der Waals surface area contributed by atoms with Crippen LogP contribution in [0.25, 0.3) is 23.0 Å². The van der Waals surface area contributed by atoms with Crippen LogP contribution in [0.1, 0.15) is 18.2 Å². The molecule has 0 saturated heterocycles. The maximum absolute atomic E-state index is 13.8. The number of carbonyl (C=O) groups excluding carboxylic acids is 1. The first kappa shape index (κ1) is 26.7. The molecule has 0 spiro atoms. The molecule has 1 amide bonds. The van der Waals surface area contributed by atoms with Crippen LogP contribution in [0.4, 0.5) is 0 Å². The molecule has 0 saturated carbocycles. The maximum atomic E-state index is 13.8. The summed E-state index contributed by atoms with van der Waals surface area (Å²) in [5.74, 6) is 0.442. The van der Waals surface area contributed by atoms with E-state index in [4.69, 9.17) is 14.3 Å². The number of benzene rings is 3. The van der Waals surface area contributed by atoms with Gasteiger partial charge < -0.3 is 14.5 Å². The van der Waals surface area contributed by atoms with E-state index >= 15 is 0 Å². The van der Waals surface area contributed by atoms with Gasteiger partial charge in [0.15, 0.2) is 0 Å². The van der Waals surface area contributed by atoms with Gasteiger partial charge in [-0.25, -0.2) is 13.1 Å². The van der Waals surface area contributed by atoms with Gasteiger partial charge in [0, 0.05) is 17.3 Å². The lowest BCUT2D eigenvalue weighted by atomic mass is 10.1. The second-order valence-electron chi connectivity index (χ2n) is 8.76. The molecule has 0 bridgehead atoms. The smallest absolute Gasteiger partial charge is 0.263 e. The molecule has 5 rings (SSSR count). The molecule has 1 N–H and O–H groups in total. The van der Waals surface area contributed by atoms with Crippen molar-refractivity contribution in [3.05, 3.63) is 126 Å². The first-order valence-electron chi connectivity index (χ1n) is 12.7. The lowest BCUT2D eigenvalue weighted by Gasteiger charge is -2.10. The van der Waals surface area contributed by atoms with Crippen molar-refractivity contribution in [3.8, 4) is 22.7 Å². The van der Waals surface area contributed by atoms with Gasteiger partial charge in [-0.3, -0.25) is 4.79 Å². The number of ether oxygens (including phenoxy) is 1. The van der Waals surface area contributed by atoms with Gasteiger partial charge in [-0.15, -0.1) is 0 Å². The Labute approximate surface area is 232 Å². The van der Waals surface area contributed by atoms with E-state index in [2.05, 4.69) is 5.32 Å². The van der Waals surface area contributed by atoms with Crippen LogP contribution in [0, 0.1) is 0 Å². The van der Waals surface area contributed by atoms with Gasteiger partial charge in [0.2, 0.25) is 9.84 Å². The van der Waals surface area contributed by atoms with E-state index < -0.39 is 20.6 Å². The minimum Gasteiger partial charge on any atom is -0.494 e. The summed E-state index contributed by atoms with van der Waals surface area (Å²) in [4.78, 5) is 13.1. The number of nitrogens with one attached hydrogen (secondary N) is 1. The lowest BCUT2D eigenvalue weighted by Crippen LogP contribution is -2.28. The Bertz CT molecular complexity index is 1710. The highest BCUT2D eigenvalue weighted by molar-refractivity contribution is 7.96. The fourth-order valence-electron chi connectivity index (χ4n) is 4.11.